The molecule has 31 heavy (non-hydrogen) atoms. The molecule has 5 N–H and O–H groups in total. The predicted octanol–water partition coefficient (Wildman–Crippen LogP) is 2.43. The molecular weight excluding hydrogens is 428 g/mol. The van der Waals surface area contributed by atoms with Crippen molar-refractivity contribution in [3.8, 4) is 10.6 Å². The lowest BCUT2D eigenvalue weighted by molar-refractivity contribution is 0.0247. The third kappa shape index (κ3) is 4.27. The molecule has 0 bridgehead atoms. The van der Waals surface area contributed by atoms with Gasteiger partial charge in [0.2, 0.25) is 0 Å². The van der Waals surface area contributed by atoms with Crippen LogP contribution in [0.4, 0.5) is 19.5 Å². The lowest BCUT2D eigenvalue weighted by atomic mass is 10.0. The number of carbonyl (C=O) groups excluding carboxylic acids is 1. The minimum absolute atomic E-state index is 0.0290. The molecule has 1 fully saturated rings. The fourth-order valence-corrected chi connectivity index (χ4v) is 4.28. The van der Waals surface area contributed by atoms with Gasteiger partial charge in [-0.15, -0.1) is 0 Å². The van der Waals surface area contributed by atoms with Crippen LogP contribution < -0.4 is 16.8 Å². The fraction of sp³-hybridized carbons (Fsp3) is 0.368. The summed E-state index contributed by atoms with van der Waals surface area (Å²) in [7, 11) is 1.70. The molecule has 4 rings (SSSR count). The van der Waals surface area contributed by atoms with Gasteiger partial charge >= 0.3 is 0 Å². The first-order chi connectivity index (χ1) is 14.8. The maximum Gasteiger partial charge on any atom is 0.277 e. The van der Waals surface area contributed by atoms with E-state index in [0.29, 0.717) is 24.2 Å². The molecule has 0 spiro atoms. The zero-order chi connectivity index (χ0) is 22.1. The molecule has 0 aliphatic carbocycles. The normalized spacial score (nSPS) is 21.6. The smallest absolute Gasteiger partial charge is 0.277 e. The number of anilines is 2. The number of halogens is 2. The number of pyridine rings is 1. The standard InChI is InChI=1S/C19H21F2N7O2S/c1-28-16(14-3-2-12(22)11(21)8-30-14)13(7-25-28)26-18(29)15-17(23)31-19(27-15)9-4-5-24-6-10(9)20/h4-7,11-12,14H,2-3,8,22-23H2,1H3,(H,26,29)/t11-,12+,14+/m0/s1. The van der Waals surface area contributed by atoms with Crippen LogP contribution in [0.25, 0.3) is 10.6 Å². The van der Waals surface area contributed by atoms with Crippen molar-refractivity contribution in [3.63, 3.8) is 0 Å². The summed E-state index contributed by atoms with van der Waals surface area (Å²) in [4.78, 5) is 20.8. The Labute approximate surface area is 180 Å². The predicted molar refractivity (Wildman–Crippen MR) is 112 cm³/mol. The Morgan fingerprint density at radius 2 is 2.19 bits per heavy atom. The van der Waals surface area contributed by atoms with E-state index in [1.165, 1.54) is 18.5 Å². The van der Waals surface area contributed by atoms with Crippen molar-refractivity contribution in [2.24, 2.45) is 12.8 Å². The molecule has 3 aromatic rings. The molecule has 164 valence electrons. The first kappa shape index (κ1) is 21.3. The van der Waals surface area contributed by atoms with Crippen LogP contribution in [0.2, 0.25) is 0 Å². The summed E-state index contributed by atoms with van der Waals surface area (Å²) < 4.78 is 35.2. The van der Waals surface area contributed by atoms with Gasteiger partial charge in [-0.3, -0.25) is 14.5 Å². The Bertz CT molecular complexity index is 1090. The zero-order valence-electron chi connectivity index (χ0n) is 16.6. The molecular formula is C19H21F2N7O2S. The van der Waals surface area contributed by atoms with E-state index in [4.69, 9.17) is 16.2 Å². The lowest BCUT2D eigenvalue weighted by Crippen LogP contribution is -2.32. The number of alkyl halides is 1. The van der Waals surface area contributed by atoms with E-state index in [9.17, 15) is 13.6 Å². The second-order valence-corrected chi connectivity index (χ2v) is 8.22. The summed E-state index contributed by atoms with van der Waals surface area (Å²) in [6, 6.07) is 0.860. The lowest BCUT2D eigenvalue weighted by Gasteiger charge is -2.17. The number of aryl methyl sites for hydroxylation is 1. The van der Waals surface area contributed by atoms with E-state index in [1.807, 2.05) is 0 Å². The van der Waals surface area contributed by atoms with Crippen LogP contribution in [0.15, 0.2) is 24.7 Å². The van der Waals surface area contributed by atoms with Gasteiger partial charge in [0.05, 0.1) is 30.4 Å². The SMILES string of the molecule is Cn1ncc(NC(=O)c2nc(-c3ccncc3F)sc2N)c1[C@H]1CC[C@@H](N)[C@@H](F)CO1. The van der Waals surface area contributed by atoms with E-state index >= 15 is 0 Å². The van der Waals surface area contributed by atoms with Crippen molar-refractivity contribution in [2.45, 2.75) is 31.2 Å². The number of carbonyl (C=O) groups is 1. The van der Waals surface area contributed by atoms with Crippen molar-refractivity contribution in [1.29, 1.82) is 0 Å². The third-order valence-corrected chi connectivity index (χ3v) is 6.01. The second-order valence-electron chi connectivity index (χ2n) is 7.19. The van der Waals surface area contributed by atoms with Crippen LogP contribution in [-0.4, -0.2) is 44.5 Å². The molecule has 1 aliphatic rings. The highest BCUT2D eigenvalue weighted by Crippen LogP contribution is 2.34. The van der Waals surface area contributed by atoms with Gasteiger partial charge in [0.1, 0.15) is 22.3 Å². The van der Waals surface area contributed by atoms with E-state index in [0.717, 1.165) is 17.5 Å². The van der Waals surface area contributed by atoms with Crippen molar-refractivity contribution in [3.05, 3.63) is 41.9 Å². The number of nitrogens with zero attached hydrogens (tertiary/aromatic N) is 4. The summed E-state index contributed by atoms with van der Waals surface area (Å²) in [5.74, 6) is -1.13. The highest BCUT2D eigenvalue weighted by atomic mass is 32.1. The average molecular weight is 449 g/mol. The Morgan fingerprint density at radius 1 is 1.39 bits per heavy atom. The number of ether oxygens (including phenoxy) is 1. The van der Waals surface area contributed by atoms with Crippen LogP contribution in [0.5, 0.6) is 0 Å². The van der Waals surface area contributed by atoms with Crippen LogP contribution in [0, 0.1) is 5.82 Å². The summed E-state index contributed by atoms with van der Waals surface area (Å²) in [6.07, 6.45) is 3.15. The summed E-state index contributed by atoms with van der Waals surface area (Å²) in [6.45, 7) is -0.135. The van der Waals surface area contributed by atoms with E-state index < -0.39 is 30.0 Å². The third-order valence-electron chi connectivity index (χ3n) is 5.09. The maximum absolute atomic E-state index is 14.0. The number of rotatable bonds is 4. The van der Waals surface area contributed by atoms with Gasteiger partial charge < -0.3 is 21.5 Å². The van der Waals surface area contributed by atoms with E-state index in [-0.39, 0.29) is 27.9 Å². The van der Waals surface area contributed by atoms with Crippen LogP contribution in [0.3, 0.4) is 0 Å². The molecule has 1 aliphatic heterocycles. The Morgan fingerprint density at radius 3 is 2.97 bits per heavy atom. The van der Waals surface area contributed by atoms with Gasteiger partial charge in [-0.05, 0) is 18.9 Å². The zero-order valence-corrected chi connectivity index (χ0v) is 17.4. The summed E-state index contributed by atoms with van der Waals surface area (Å²) in [5.41, 5.74) is 12.9. The number of hydrogen-bond donors (Lipinski definition) is 3. The Kier molecular flexibility index (Phi) is 5.94. The van der Waals surface area contributed by atoms with Gasteiger partial charge in [-0.25, -0.2) is 13.8 Å². The molecule has 0 radical (unpaired) electrons. The van der Waals surface area contributed by atoms with Gasteiger partial charge in [0.15, 0.2) is 11.5 Å². The van der Waals surface area contributed by atoms with E-state index in [1.54, 1.807) is 11.7 Å². The molecule has 0 unspecified atom stereocenters. The minimum Gasteiger partial charge on any atom is -0.389 e. The van der Waals surface area contributed by atoms with Crippen molar-refractivity contribution in [2.75, 3.05) is 17.7 Å². The van der Waals surface area contributed by atoms with Crippen LogP contribution in [-0.2, 0) is 11.8 Å². The van der Waals surface area contributed by atoms with Gasteiger partial charge in [-0.2, -0.15) is 5.10 Å². The quantitative estimate of drug-likeness (QED) is 0.557. The van der Waals surface area contributed by atoms with Gasteiger partial charge in [0.25, 0.3) is 5.91 Å². The van der Waals surface area contributed by atoms with Crippen molar-refractivity contribution >= 4 is 27.9 Å². The van der Waals surface area contributed by atoms with Crippen molar-refractivity contribution < 1.29 is 18.3 Å². The van der Waals surface area contributed by atoms with Crippen LogP contribution in [0.1, 0.15) is 35.1 Å². The minimum atomic E-state index is -1.25. The number of hydrogen-bond acceptors (Lipinski definition) is 8. The fourth-order valence-electron chi connectivity index (χ4n) is 3.42. The average Bonchev–Trinajstić information content (AvgIpc) is 3.25. The second kappa shape index (κ2) is 8.65. The molecule has 4 heterocycles. The topological polar surface area (TPSA) is 134 Å². The van der Waals surface area contributed by atoms with Gasteiger partial charge in [0, 0.05) is 24.8 Å². The largest absolute Gasteiger partial charge is 0.389 e. The van der Waals surface area contributed by atoms with E-state index in [2.05, 4.69) is 20.4 Å². The number of thiazole rings is 1. The number of nitrogens with two attached hydrogens (primary N) is 2. The Balaban J connectivity index is 1.57. The molecule has 1 amide bonds. The molecule has 0 saturated carbocycles. The monoisotopic (exact) mass is 449 g/mol. The molecule has 12 heteroatoms. The molecule has 1 saturated heterocycles. The summed E-state index contributed by atoms with van der Waals surface area (Å²) >= 11 is 0.998. The molecule has 3 aromatic heterocycles. The van der Waals surface area contributed by atoms with Crippen LogP contribution >= 0.6 is 11.3 Å². The summed E-state index contributed by atoms with van der Waals surface area (Å²) in [5, 5.41) is 7.34. The first-order valence-electron chi connectivity index (χ1n) is 9.55. The number of aromatic nitrogens is 4. The maximum atomic E-state index is 14.0. The number of nitrogens with one attached hydrogen (secondary N) is 1. The molecule has 9 nitrogen and oxygen atoms in total. The van der Waals surface area contributed by atoms with Gasteiger partial charge in [-0.1, -0.05) is 11.3 Å². The molecule has 0 aromatic carbocycles. The first-order valence-corrected chi connectivity index (χ1v) is 10.4. The molecule has 3 atom stereocenters. The highest BCUT2D eigenvalue weighted by molar-refractivity contribution is 7.19. The highest BCUT2D eigenvalue weighted by Gasteiger charge is 2.30. The number of amides is 1. The van der Waals surface area contributed by atoms with Crippen molar-refractivity contribution in [1.82, 2.24) is 19.7 Å². The Hall–Kier alpha value is -2.96. The number of nitrogen functional groups attached to an aromatic ring is 1.